The van der Waals surface area contributed by atoms with Crippen LogP contribution in [-0.4, -0.2) is 48.4 Å². The summed E-state index contributed by atoms with van der Waals surface area (Å²) in [4.78, 5) is 15.5. The quantitative estimate of drug-likeness (QED) is 0.832. The number of carbonyl (C=O) groups excluding carboxylic acids is 1. The van der Waals surface area contributed by atoms with Crippen LogP contribution in [0.5, 0.6) is 0 Å². The molecule has 2 rings (SSSR count). The average molecular weight is 247 g/mol. The summed E-state index contributed by atoms with van der Waals surface area (Å²) < 4.78 is 0. The highest BCUT2D eigenvalue weighted by Gasteiger charge is 2.16. The highest BCUT2D eigenvalue weighted by molar-refractivity contribution is 5.73. The lowest BCUT2D eigenvalue weighted by Crippen LogP contribution is -2.46. The van der Waals surface area contributed by atoms with Gasteiger partial charge in [-0.1, -0.05) is 30.3 Å². The van der Waals surface area contributed by atoms with E-state index in [-0.39, 0.29) is 5.91 Å². The number of hydrogen-bond acceptors (Lipinski definition) is 3. The number of carbonyl (C=O) groups is 1. The first kappa shape index (κ1) is 13.1. The van der Waals surface area contributed by atoms with E-state index in [1.54, 1.807) is 0 Å². The Morgan fingerprint density at radius 3 is 2.28 bits per heavy atom. The van der Waals surface area contributed by atoms with Crippen molar-refractivity contribution in [3.8, 4) is 0 Å². The minimum atomic E-state index is -0.207. The largest absolute Gasteiger partial charge is 0.370 e. The lowest BCUT2D eigenvalue weighted by atomic mass is 10.2. The van der Waals surface area contributed by atoms with Crippen molar-refractivity contribution in [2.75, 3.05) is 32.7 Å². The van der Waals surface area contributed by atoms with Gasteiger partial charge in [0.1, 0.15) is 0 Å². The van der Waals surface area contributed by atoms with Crippen LogP contribution in [0, 0.1) is 0 Å². The number of benzene rings is 1. The third-order valence-electron chi connectivity index (χ3n) is 3.39. The highest BCUT2D eigenvalue weighted by Crippen LogP contribution is 2.08. The molecule has 0 bridgehead atoms. The van der Waals surface area contributed by atoms with Gasteiger partial charge in [0, 0.05) is 45.7 Å². The maximum atomic E-state index is 10.7. The van der Waals surface area contributed by atoms with E-state index >= 15 is 0 Å². The van der Waals surface area contributed by atoms with E-state index in [0.29, 0.717) is 6.42 Å². The van der Waals surface area contributed by atoms with Crippen molar-refractivity contribution in [3.05, 3.63) is 35.9 Å². The molecule has 0 spiro atoms. The molecule has 4 heteroatoms. The molecule has 0 atom stereocenters. The highest BCUT2D eigenvalue weighted by atomic mass is 16.1. The fourth-order valence-corrected chi connectivity index (χ4v) is 2.28. The molecular formula is C14H21N3O. The molecule has 0 saturated carbocycles. The molecule has 18 heavy (non-hydrogen) atoms. The van der Waals surface area contributed by atoms with E-state index in [2.05, 4.69) is 34.1 Å². The second-order valence-electron chi connectivity index (χ2n) is 4.82. The smallest absolute Gasteiger partial charge is 0.218 e. The molecule has 0 unspecified atom stereocenters. The van der Waals surface area contributed by atoms with Crippen LogP contribution in [0.2, 0.25) is 0 Å². The Balaban J connectivity index is 1.72. The monoisotopic (exact) mass is 247 g/mol. The number of rotatable bonds is 5. The number of hydrogen-bond donors (Lipinski definition) is 1. The fourth-order valence-electron chi connectivity index (χ4n) is 2.28. The number of nitrogens with zero attached hydrogens (tertiary/aromatic N) is 2. The Kier molecular flexibility index (Phi) is 4.73. The van der Waals surface area contributed by atoms with E-state index in [0.717, 1.165) is 39.3 Å². The molecule has 2 N–H and O–H groups in total. The first-order valence-electron chi connectivity index (χ1n) is 6.51. The minimum absolute atomic E-state index is 0.207. The fraction of sp³-hybridized carbons (Fsp3) is 0.500. The molecule has 1 aromatic rings. The summed E-state index contributed by atoms with van der Waals surface area (Å²) in [5.41, 5.74) is 6.53. The third-order valence-corrected chi connectivity index (χ3v) is 3.39. The lowest BCUT2D eigenvalue weighted by molar-refractivity contribution is -0.118. The van der Waals surface area contributed by atoms with Gasteiger partial charge in [0.25, 0.3) is 0 Å². The van der Waals surface area contributed by atoms with Crippen molar-refractivity contribution in [2.45, 2.75) is 13.0 Å². The zero-order valence-corrected chi connectivity index (χ0v) is 10.7. The second kappa shape index (κ2) is 6.52. The molecule has 0 radical (unpaired) electrons. The van der Waals surface area contributed by atoms with Crippen LogP contribution in [0.1, 0.15) is 12.0 Å². The molecule has 1 aliphatic heterocycles. The summed E-state index contributed by atoms with van der Waals surface area (Å²) in [5, 5.41) is 0. The molecule has 98 valence electrons. The van der Waals surface area contributed by atoms with Gasteiger partial charge in [0.05, 0.1) is 0 Å². The van der Waals surface area contributed by atoms with Gasteiger partial charge >= 0.3 is 0 Å². The van der Waals surface area contributed by atoms with Crippen LogP contribution >= 0.6 is 0 Å². The summed E-state index contributed by atoms with van der Waals surface area (Å²) in [6.45, 7) is 6.00. The van der Waals surface area contributed by atoms with Crippen molar-refractivity contribution in [3.63, 3.8) is 0 Å². The summed E-state index contributed by atoms with van der Waals surface area (Å²) in [6.07, 6.45) is 0.471. The molecule has 1 fully saturated rings. The Bertz CT molecular complexity index is 372. The zero-order valence-electron chi connectivity index (χ0n) is 10.7. The van der Waals surface area contributed by atoms with Crippen LogP contribution < -0.4 is 5.73 Å². The SMILES string of the molecule is NC(=O)CCN1CCN(Cc2ccccc2)CC1. The molecule has 0 aliphatic carbocycles. The molecule has 1 saturated heterocycles. The average Bonchev–Trinajstić information content (AvgIpc) is 2.39. The van der Waals surface area contributed by atoms with E-state index < -0.39 is 0 Å². The number of nitrogens with two attached hydrogens (primary N) is 1. The summed E-state index contributed by atoms with van der Waals surface area (Å²) in [5.74, 6) is -0.207. The van der Waals surface area contributed by atoms with Crippen molar-refractivity contribution in [1.29, 1.82) is 0 Å². The lowest BCUT2D eigenvalue weighted by Gasteiger charge is -2.34. The molecule has 1 amide bonds. The van der Waals surface area contributed by atoms with Crippen molar-refractivity contribution >= 4 is 5.91 Å². The van der Waals surface area contributed by atoms with Crippen LogP contribution in [0.3, 0.4) is 0 Å². The zero-order chi connectivity index (χ0) is 12.8. The molecule has 1 aromatic carbocycles. The van der Waals surface area contributed by atoms with E-state index in [1.165, 1.54) is 5.56 Å². The molecule has 1 aliphatic rings. The van der Waals surface area contributed by atoms with Crippen LogP contribution in [0.25, 0.3) is 0 Å². The molecule has 1 heterocycles. The Hall–Kier alpha value is -1.39. The third kappa shape index (κ3) is 4.13. The standard InChI is InChI=1S/C14H21N3O/c15-14(18)6-7-16-8-10-17(11-9-16)12-13-4-2-1-3-5-13/h1-5H,6-12H2,(H2,15,18). The molecule has 4 nitrogen and oxygen atoms in total. The minimum Gasteiger partial charge on any atom is -0.370 e. The van der Waals surface area contributed by atoms with Gasteiger partial charge < -0.3 is 10.6 Å². The molecular weight excluding hydrogens is 226 g/mol. The van der Waals surface area contributed by atoms with Gasteiger partial charge in [-0.05, 0) is 5.56 Å². The predicted octanol–water partition coefficient (Wildman–Crippen LogP) is 0.680. The van der Waals surface area contributed by atoms with Gasteiger partial charge in [-0.15, -0.1) is 0 Å². The van der Waals surface area contributed by atoms with Crippen molar-refractivity contribution < 1.29 is 4.79 Å². The Morgan fingerprint density at radius 2 is 1.67 bits per heavy atom. The summed E-state index contributed by atoms with van der Waals surface area (Å²) in [7, 11) is 0. The molecule has 0 aromatic heterocycles. The van der Waals surface area contributed by atoms with Crippen LogP contribution in [0.4, 0.5) is 0 Å². The van der Waals surface area contributed by atoms with E-state index in [1.807, 2.05) is 6.07 Å². The van der Waals surface area contributed by atoms with Crippen LogP contribution in [-0.2, 0) is 11.3 Å². The van der Waals surface area contributed by atoms with Gasteiger partial charge in [-0.3, -0.25) is 9.69 Å². The first-order valence-corrected chi connectivity index (χ1v) is 6.51. The number of piperazine rings is 1. The maximum absolute atomic E-state index is 10.7. The van der Waals surface area contributed by atoms with Gasteiger partial charge in [-0.25, -0.2) is 0 Å². The first-order chi connectivity index (χ1) is 8.74. The Morgan fingerprint density at radius 1 is 1.06 bits per heavy atom. The number of amides is 1. The summed E-state index contributed by atoms with van der Waals surface area (Å²) in [6, 6.07) is 10.5. The summed E-state index contributed by atoms with van der Waals surface area (Å²) >= 11 is 0. The maximum Gasteiger partial charge on any atom is 0.218 e. The normalized spacial score (nSPS) is 17.8. The second-order valence-corrected chi connectivity index (χ2v) is 4.82. The van der Waals surface area contributed by atoms with Gasteiger partial charge in [0.2, 0.25) is 5.91 Å². The van der Waals surface area contributed by atoms with Gasteiger partial charge in [-0.2, -0.15) is 0 Å². The Labute approximate surface area is 108 Å². The topological polar surface area (TPSA) is 49.6 Å². The van der Waals surface area contributed by atoms with Crippen molar-refractivity contribution in [2.24, 2.45) is 5.73 Å². The van der Waals surface area contributed by atoms with E-state index in [9.17, 15) is 4.79 Å². The van der Waals surface area contributed by atoms with Crippen molar-refractivity contribution in [1.82, 2.24) is 9.80 Å². The van der Waals surface area contributed by atoms with E-state index in [4.69, 9.17) is 5.73 Å². The predicted molar refractivity (Wildman–Crippen MR) is 72.0 cm³/mol. The number of primary amides is 1. The van der Waals surface area contributed by atoms with Crippen LogP contribution in [0.15, 0.2) is 30.3 Å². The van der Waals surface area contributed by atoms with Gasteiger partial charge in [0.15, 0.2) is 0 Å².